The van der Waals surface area contributed by atoms with Crippen LogP contribution in [0.2, 0.25) is 0 Å². The van der Waals surface area contributed by atoms with Crippen molar-refractivity contribution >= 4 is 10.4 Å². The molecule has 0 radical (unpaired) electrons. The minimum absolute atomic E-state index is 0. The molecule has 0 aromatic rings. The molecule has 0 spiro atoms. The van der Waals surface area contributed by atoms with Crippen LogP contribution >= 0.6 is 0 Å². The smallest absolute Gasteiger partial charge is 0.344 e. The standard InChI is InChI=1S/C5H7.Li.H2O4S/c1-4-5(2)3;;1-5(2,3)4/h1H,2-3H3;;(H2,1,2,3,4)/q-1;+1;. The molecular formula is C5H9LiO4S. The molecule has 0 atom stereocenters. The van der Waals surface area contributed by atoms with Gasteiger partial charge < -0.3 is 6.42 Å². The summed E-state index contributed by atoms with van der Waals surface area (Å²) in [4.78, 5) is 0. The second-order valence-corrected chi connectivity index (χ2v) is 2.49. The molecule has 0 aliphatic heterocycles. The van der Waals surface area contributed by atoms with E-state index in [0.29, 0.717) is 0 Å². The van der Waals surface area contributed by atoms with Gasteiger partial charge in [0.1, 0.15) is 0 Å². The van der Waals surface area contributed by atoms with Gasteiger partial charge in [0.25, 0.3) is 0 Å². The minimum Gasteiger partial charge on any atom is -0.344 e. The molecule has 0 amide bonds. The molecule has 2 N–H and O–H groups in total. The molecule has 0 aromatic heterocycles. The molecule has 0 aromatic carbocycles. The first-order valence-corrected chi connectivity index (χ1v) is 3.63. The first-order chi connectivity index (χ1) is 4.27. The maximum Gasteiger partial charge on any atom is 1.00 e. The first-order valence-electron chi connectivity index (χ1n) is 2.24. The second-order valence-electron chi connectivity index (χ2n) is 1.59. The van der Waals surface area contributed by atoms with Crippen molar-refractivity contribution in [1.82, 2.24) is 0 Å². The average molecular weight is 172 g/mol. The molecule has 0 aliphatic carbocycles. The van der Waals surface area contributed by atoms with Gasteiger partial charge in [-0.1, -0.05) is 0 Å². The van der Waals surface area contributed by atoms with Gasteiger partial charge in [-0.25, -0.2) is 0 Å². The number of hydrogen-bond donors (Lipinski definition) is 2. The molecular weight excluding hydrogens is 163 g/mol. The molecule has 0 unspecified atom stereocenters. The maximum absolute atomic E-state index is 8.74. The Balaban J connectivity index is -0.000000107. The normalized spacial score (nSPS) is 7.91. The van der Waals surface area contributed by atoms with E-state index in [4.69, 9.17) is 23.9 Å². The van der Waals surface area contributed by atoms with Gasteiger partial charge in [-0.2, -0.15) is 14.3 Å². The van der Waals surface area contributed by atoms with E-state index < -0.39 is 10.4 Å². The summed E-state index contributed by atoms with van der Waals surface area (Å²) in [5.41, 5.74) is 0. The molecule has 60 valence electrons. The predicted molar refractivity (Wildman–Crippen MR) is 37.6 cm³/mol. The topological polar surface area (TPSA) is 74.6 Å². The van der Waals surface area contributed by atoms with E-state index in [2.05, 4.69) is 5.92 Å². The third kappa shape index (κ3) is 171. The molecule has 0 rings (SSSR count). The van der Waals surface area contributed by atoms with E-state index >= 15 is 0 Å². The predicted octanol–water partition coefficient (Wildman–Crippen LogP) is -2.41. The van der Waals surface area contributed by atoms with E-state index in [0.717, 1.165) is 5.92 Å². The molecule has 0 heterocycles. The van der Waals surface area contributed by atoms with E-state index in [-0.39, 0.29) is 18.9 Å². The van der Waals surface area contributed by atoms with Crippen molar-refractivity contribution < 1.29 is 36.4 Å². The molecule has 6 heteroatoms. The van der Waals surface area contributed by atoms with Gasteiger partial charge in [0, 0.05) is 0 Å². The van der Waals surface area contributed by atoms with E-state index in [1.54, 1.807) is 0 Å². The third-order valence-electron chi connectivity index (χ3n) is 0.289. The van der Waals surface area contributed by atoms with Gasteiger partial charge in [0.15, 0.2) is 0 Å². The van der Waals surface area contributed by atoms with Crippen molar-refractivity contribution in [2.75, 3.05) is 0 Å². The molecule has 11 heavy (non-hydrogen) atoms. The van der Waals surface area contributed by atoms with Crippen molar-refractivity contribution in [1.29, 1.82) is 0 Å². The Kier molecular flexibility index (Phi) is 12.4. The van der Waals surface area contributed by atoms with Crippen LogP contribution in [0.3, 0.4) is 0 Å². The SMILES string of the molecule is C#C[C-](C)C.O=S(=O)(O)O.[Li+]. The molecule has 0 bridgehead atoms. The summed E-state index contributed by atoms with van der Waals surface area (Å²) in [6, 6.07) is 0. The summed E-state index contributed by atoms with van der Waals surface area (Å²) in [6.07, 6.45) is 4.88. The van der Waals surface area contributed by atoms with Gasteiger partial charge in [-0.05, 0) is 0 Å². The van der Waals surface area contributed by atoms with Crippen molar-refractivity contribution in [2.45, 2.75) is 13.8 Å². The van der Waals surface area contributed by atoms with Gasteiger partial charge in [-0.3, -0.25) is 15.0 Å². The largest absolute Gasteiger partial charge is 1.00 e. The van der Waals surface area contributed by atoms with Crippen molar-refractivity contribution in [3.05, 3.63) is 5.92 Å². The summed E-state index contributed by atoms with van der Waals surface area (Å²) in [7, 11) is -4.67. The quantitative estimate of drug-likeness (QED) is 0.185. The number of hydrogen-bond acceptors (Lipinski definition) is 2. The van der Waals surface area contributed by atoms with Crippen molar-refractivity contribution in [2.24, 2.45) is 0 Å². The van der Waals surface area contributed by atoms with E-state index in [1.165, 1.54) is 0 Å². The number of terminal acetylenes is 1. The van der Waals surface area contributed by atoms with Crippen LogP contribution in [0.15, 0.2) is 0 Å². The van der Waals surface area contributed by atoms with Crippen molar-refractivity contribution in [3.63, 3.8) is 0 Å². The summed E-state index contributed by atoms with van der Waals surface area (Å²) in [6.45, 7) is 3.81. The van der Waals surface area contributed by atoms with E-state index in [9.17, 15) is 0 Å². The van der Waals surface area contributed by atoms with Gasteiger partial charge in [0.05, 0.1) is 0 Å². The summed E-state index contributed by atoms with van der Waals surface area (Å²) in [5.74, 6) is 3.48. The monoisotopic (exact) mass is 172 g/mol. The van der Waals surface area contributed by atoms with Crippen LogP contribution in [0.5, 0.6) is 0 Å². The average Bonchev–Trinajstić information content (AvgIpc) is 1.61. The molecule has 0 aliphatic rings. The molecule has 0 saturated heterocycles. The zero-order valence-corrected chi connectivity index (χ0v) is 7.51. The van der Waals surface area contributed by atoms with E-state index in [1.807, 2.05) is 13.8 Å². The minimum atomic E-state index is -4.67. The number of rotatable bonds is 0. The zero-order chi connectivity index (χ0) is 8.78. The van der Waals surface area contributed by atoms with Crippen LogP contribution in [-0.2, 0) is 10.4 Å². The van der Waals surface area contributed by atoms with Gasteiger partial charge in [0.2, 0.25) is 0 Å². The molecule has 0 saturated carbocycles. The Morgan fingerprint density at radius 3 is 1.45 bits per heavy atom. The Bertz CT molecular complexity index is 193. The van der Waals surface area contributed by atoms with Gasteiger partial charge >= 0.3 is 29.3 Å². The summed E-state index contributed by atoms with van der Waals surface area (Å²) >= 11 is 0. The zero-order valence-electron chi connectivity index (χ0n) is 6.70. The fourth-order valence-corrected chi connectivity index (χ4v) is 0. The van der Waals surface area contributed by atoms with Crippen LogP contribution in [-0.4, -0.2) is 17.5 Å². The van der Waals surface area contributed by atoms with Gasteiger partial charge in [-0.15, -0.1) is 13.8 Å². The van der Waals surface area contributed by atoms with Crippen molar-refractivity contribution in [3.8, 4) is 12.3 Å². The Morgan fingerprint density at radius 2 is 1.45 bits per heavy atom. The molecule has 4 nitrogen and oxygen atoms in total. The fourth-order valence-electron chi connectivity index (χ4n) is 0. The molecule has 0 fully saturated rings. The van der Waals surface area contributed by atoms with Crippen LogP contribution in [0.4, 0.5) is 0 Å². The Hall–Kier alpha value is -0.103. The maximum atomic E-state index is 8.74. The first kappa shape index (κ1) is 17.1. The van der Waals surface area contributed by atoms with Crippen LogP contribution in [0.25, 0.3) is 0 Å². The fraction of sp³-hybridized carbons (Fsp3) is 0.400. The second kappa shape index (κ2) is 8.00. The summed E-state index contributed by atoms with van der Waals surface area (Å²) < 4.78 is 31.6. The third-order valence-corrected chi connectivity index (χ3v) is 0.289. The summed E-state index contributed by atoms with van der Waals surface area (Å²) in [5, 5.41) is 0. The van der Waals surface area contributed by atoms with Crippen LogP contribution in [0.1, 0.15) is 13.8 Å². The Morgan fingerprint density at radius 1 is 1.36 bits per heavy atom. The Labute approximate surface area is 79.1 Å². The van der Waals surface area contributed by atoms with Crippen LogP contribution < -0.4 is 18.9 Å². The van der Waals surface area contributed by atoms with Crippen LogP contribution in [0, 0.1) is 18.3 Å².